The van der Waals surface area contributed by atoms with Crippen molar-refractivity contribution in [2.45, 2.75) is 0 Å². The van der Waals surface area contributed by atoms with Crippen LogP contribution in [-0.2, 0) is 7.05 Å². The first-order chi connectivity index (χ1) is 7.74. The molecule has 0 unspecified atom stereocenters. The van der Waals surface area contributed by atoms with Crippen LogP contribution in [0.2, 0.25) is 0 Å². The lowest BCUT2D eigenvalue weighted by Gasteiger charge is -1.98. The van der Waals surface area contributed by atoms with Crippen LogP contribution in [0.1, 0.15) is 0 Å². The minimum Gasteiger partial charge on any atom is -0.275 e. The van der Waals surface area contributed by atoms with Crippen LogP contribution in [0.4, 0.5) is 0 Å². The summed E-state index contributed by atoms with van der Waals surface area (Å²) in [5, 5.41) is 8.60. The SMILES string of the molecule is Cn1cc(-c2ccc3ncc(Br)n3n2)cn1. The largest absolute Gasteiger partial charge is 0.275 e. The third-order valence-electron chi connectivity index (χ3n) is 2.32. The molecule has 3 aromatic rings. The van der Waals surface area contributed by atoms with Crippen molar-refractivity contribution >= 4 is 21.6 Å². The molecule has 0 saturated heterocycles. The number of halogens is 1. The summed E-state index contributed by atoms with van der Waals surface area (Å²) < 4.78 is 4.35. The van der Waals surface area contributed by atoms with E-state index in [0.717, 1.165) is 21.5 Å². The molecule has 0 radical (unpaired) electrons. The third kappa shape index (κ3) is 1.42. The zero-order valence-electron chi connectivity index (χ0n) is 8.50. The number of imidazole rings is 1. The van der Waals surface area contributed by atoms with E-state index < -0.39 is 0 Å². The molecule has 0 atom stereocenters. The highest BCUT2D eigenvalue weighted by Crippen LogP contribution is 2.18. The Morgan fingerprint density at radius 3 is 2.88 bits per heavy atom. The van der Waals surface area contributed by atoms with Gasteiger partial charge in [-0.2, -0.15) is 10.2 Å². The summed E-state index contributed by atoms with van der Waals surface area (Å²) >= 11 is 3.40. The molecule has 0 N–H and O–H groups in total. The van der Waals surface area contributed by atoms with Gasteiger partial charge in [0, 0.05) is 18.8 Å². The Hall–Kier alpha value is -1.69. The quantitative estimate of drug-likeness (QED) is 0.683. The smallest absolute Gasteiger partial charge is 0.154 e. The van der Waals surface area contributed by atoms with Crippen LogP contribution in [0.25, 0.3) is 16.9 Å². The fraction of sp³-hybridized carbons (Fsp3) is 0.100. The maximum atomic E-state index is 4.47. The maximum absolute atomic E-state index is 4.47. The summed E-state index contributed by atoms with van der Waals surface area (Å²) in [6, 6.07) is 3.87. The highest BCUT2D eigenvalue weighted by molar-refractivity contribution is 9.10. The predicted octanol–water partition coefficient (Wildman–Crippen LogP) is 1.89. The first-order valence-corrected chi connectivity index (χ1v) is 5.52. The van der Waals surface area contributed by atoms with Gasteiger partial charge in [-0.1, -0.05) is 0 Å². The van der Waals surface area contributed by atoms with Crippen molar-refractivity contribution in [3.05, 3.63) is 35.3 Å². The molecule has 0 fully saturated rings. The fourth-order valence-electron chi connectivity index (χ4n) is 1.55. The van der Waals surface area contributed by atoms with Gasteiger partial charge in [0.15, 0.2) is 5.65 Å². The Balaban J connectivity index is 2.21. The van der Waals surface area contributed by atoms with Crippen molar-refractivity contribution in [3.8, 4) is 11.3 Å². The molecule has 0 aliphatic rings. The van der Waals surface area contributed by atoms with Gasteiger partial charge < -0.3 is 0 Å². The Labute approximate surface area is 99.9 Å². The molecule has 0 amide bonds. The number of rotatable bonds is 1. The summed E-state index contributed by atoms with van der Waals surface area (Å²) in [6.07, 6.45) is 5.45. The molecule has 0 aromatic carbocycles. The second-order valence-corrected chi connectivity index (χ2v) is 4.28. The molecule has 0 aliphatic carbocycles. The topological polar surface area (TPSA) is 48.0 Å². The van der Waals surface area contributed by atoms with Crippen LogP contribution >= 0.6 is 15.9 Å². The van der Waals surface area contributed by atoms with E-state index in [2.05, 4.69) is 31.1 Å². The van der Waals surface area contributed by atoms with Gasteiger partial charge in [0.05, 0.1) is 18.1 Å². The van der Waals surface area contributed by atoms with Crippen LogP contribution in [0.15, 0.2) is 35.3 Å². The highest BCUT2D eigenvalue weighted by atomic mass is 79.9. The number of hydrogen-bond acceptors (Lipinski definition) is 3. The summed E-state index contributed by atoms with van der Waals surface area (Å²) in [7, 11) is 1.88. The van der Waals surface area contributed by atoms with Crippen LogP contribution in [0.3, 0.4) is 0 Å². The average Bonchev–Trinajstić information content (AvgIpc) is 2.86. The average molecular weight is 278 g/mol. The number of aryl methyl sites for hydroxylation is 1. The van der Waals surface area contributed by atoms with Gasteiger partial charge in [0.2, 0.25) is 0 Å². The van der Waals surface area contributed by atoms with Gasteiger partial charge in [-0.15, -0.1) is 0 Å². The summed E-state index contributed by atoms with van der Waals surface area (Å²) in [6.45, 7) is 0. The van der Waals surface area contributed by atoms with Crippen LogP contribution in [0, 0.1) is 0 Å². The maximum Gasteiger partial charge on any atom is 0.154 e. The van der Waals surface area contributed by atoms with E-state index in [0.29, 0.717) is 0 Å². The number of nitrogens with zero attached hydrogens (tertiary/aromatic N) is 5. The highest BCUT2D eigenvalue weighted by Gasteiger charge is 2.06. The molecule has 0 saturated carbocycles. The Morgan fingerprint density at radius 1 is 1.25 bits per heavy atom. The van der Waals surface area contributed by atoms with E-state index in [-0.39, 0.29) is 0 Å². The van der Waals surface area contributed by atoms with E-state index in [1.165, 1.54) is 0 Å². The first-order valence-electron chi connectivity index (χ1n) is 4.73. The zero-order chi connectivity index (χ0) is 11.1. The Bertz CT molecular complexity index is 654. The summed E-state index contributed by atoms with van der Waals surface area (Å²) in [4.78, 5) is 4.19. The normalized spacial score (nSPS) is 11.1. The van der Waals surface area contributed by atoms with Gasteiger partial charge in [-0.05, 0) is 28.1 Å². The molecular weight excluding hydrogens is 270 g/mol. The number of hydrogen-bond donors (Lipinski definition) is 0. The Kier molecular flexibility index (Phi) is 2.03. The molecule has 3 rings (SSSR count). The number of fused-ring (bicyclic) bond motifs is 1. The van der Waals surface area contributed by atoms with E-state index in [1.54, 1.807) is 21.6 Å². The zero-order valence-corrected chi connectivity index (χ0v) is 10.1. The molecule has 0 bridgehead atoms. The van der Waals surface area contributed by atoms with Crippen molar-refractivity contribution < 1.29 is 0 Å². The second kappa shape index (κ2) is 3.41. The molecule has 80 valence electrons. The van der Waals surface area contributed by atoms with Crippen molar-refractivity contribution in [2.24, 2.45) is 7.05 Å². The molecule has 3 heterocycles. The van der Waals surface area contributed by atoms with E-state index in [1.807, 2.05) is 25.4 Å². The van der Waals surface area contributed by atoms with Gasteiger partial charge in [-0.3, -0.25) is 4.68 Å². The number of aromatic nitrogens is 5. The van der Waals surface area contributed by atoms with Gasteiger partial charge in [-0.25, -0.2) is 9.50 Å². The predicted molar refractivity (Wildman–Crippen MR) is 62.9 cm³/mol. The Morgan fingerprint density at radius 2 is 2.12 bits per heavy atom. The molecule has 0 aliphatic heterocycles. The lowest BCUT2D eigenvalue weighted by atomic mass is 10.2. The summed E-state index contributed by atoms with van der Waals surface area (Å²) in [5.41, 5.74) is 2.68. The van der Waals surface area contributed by atoms with Crippen LogP contribution in [-0.4, -0.2) is 24.4 Å². The third-order valence-corrected chi connectivity index (χ3v) is 2.86. The second-order valence-electron chi connectivity index (χ2n) is 3.47. The molecule has 6 heteroatoms. The minimum absolute atomic E-state index is 0.819. The lowest BCUT2D eigenvalue weighted by Crippen LogP contribution is -1.93. The van der Waals surface area contributed by atoms with Gasteiger partial charge >= 0.3 is 0 Å². The molecule has 0 spiro atoms. The van der Waals surface area contributed by atoms with Gasteiger partial charge in [0.25, 0.3) is 0 Å². The van der Waals surface area contributed by atoms with E-state index >= 15 is 0 Å². The minimum atomic E-state index is 0.819. The lowest BCUT2D eigenvalue weighted by molar-refractivity contribution is 0.768. The first kappa shape index (κ1) is 9.53. The van der Waals surface area contributed by atoms with E-state index in [4.69, 9.17) is 0 Å². The fourth-order valence-corrected chi connectivity index (χ4v) is 1.92. The van der Waals surface area contributed by atoms with Crippen LogP contribution in [0.5, 0.6) is 0 Å². The van der Waals surface area contributed by atoms with Crippen molar-refractivity contribution in [1.82, 2.24) is 24.4 Å². The summed E-state index contributed by atoms with van der Waals surface area (Å²) in [5.74, 6) is 0. The standard InChI is InChI=1S/C10H8BrN5/c1-15-6-7(4-13-15)8-2-3-10-12-5-9(11)16(10)14-8/h2-6H,1H3. The molecule has 16 heavy (non-hydrogen) atoms. The van der Waals surface area contributed by atoms with Crippen molar-refractivity contribution in [3.63, 3.8) is 0 Å². The monoisotopic (exact) mass is 277 g/mol. The van der Waals surface area contributed by atoms with Crippen molar-refractivity contribution in [2.75, 3.05) is 0 Å². The van der Waals surface area contributed by atoms with Crippen molar-refractivity contribution in [1.29, 1.82) is 0 Å². The molecule has 3 aromatic heterocycles. The van der Waals surface area contributed by atoms with Gasteiger partial charge in [0.1, 0.15) is 4.60 Å². The molecule has 5 nitrogen and oxygen atoms in total. The molecular formula is C10H8BrN5. The van der Waals surface area contributed by atoms with E-state index in [9.17, 15) is 0 Å². The van der Waals surface area contributed by atoms with Crippen LogP contribution < -0.4 is 0 Å².